The highest BCUT2D eigenvalue weighted by Crippen LogP contribution is 2.44. The third-order valence-electron chi connectivity index (χ3n) is 17.7. The molecule has 5 aliphatic rings. The van der Waals surface area contributed by atoms with Gasteiger partial charge in [0.05, 0.1) is 21.6 Å². The fourth-order valence-electron chi connectivity index (χ4n) is 12.6. The number of thioether (sulfide) groups is 1. The number of fused-ring (bicyclic) bond motifs is 2. The Balaban J connectivity index is 0.654. The van der Waals surface area contributed by atoms with Crippen molar-refractivity contribution in [3.8, 4) is 11.5 Å². The molecule has 0 radical (unpaired) electrons. The molecule has 1 atom stereocenters. The van der Waals surface area contributed by atoms with Gasteiger partial charge in [-0.3, -0.25) is 44.3 Å². The van der Waals surface area contributed by atoms with Crippen molar-refractivity contribution in [2.75, 3.05) is 68.3 Å². The summed E-state index contributed by atoms with van der Waals surface area (Å²) in [6, 6.07) is 25.3. The standard InChI is InChI=1S/C65H73ClN10O10S2/c1-65(2)25-21-45(52(37-65)43-11-13-46(66)14-12-43)40-72-29-31-73(32-30-72)47-15-17-51(57(35-47)86-48-34-44-22-26-67-61(44)69-39-48)62(79)71-88(84,85)49-16-18-54(56(36-49)76(82)83)68-38-42-23-27-74(28-24-42)60(78)10-5-3-4-6-33-87-58-9-7-8-50-53(58)41-75(64(50)81)55-19-20-59(77)70-63(55)80/h7-9,11-18,22,26,34-36,39,42,55,68H,3-6,10,19-21,23-25,27-33,37-38,40-41H2,1-2H3,(H,67,69)(H,71,79)(H,70,77,80). The van der Waals surface area contributed by atoms with Crippen LogP contribution in [0.1, 0.15) is 123 Å². The van der Waals surface area contributed by atoms with Gasteiger partial charge < -0.3 is 29.7 Å². The van der Waals surface area contributed by atoms with Crippen molar-refractivity contribution in [1.82, 2.24) is 34.7 Å². The van der Waals surface area contributed by atoms with E-state index >= 15 is 0 Å². The number of sulfonamides is 1. The Kier molecular flexibility index (Phi) is 18.9. The lowest BCUT2D eigenvalue weighted by molar-refractivity contribution is -0.384. The van der Waals surface area contributed by atoms with E-state index in [9.17, 15) is 42.5 Å². The van der Waals surface area contributed by atoms with Gasteiger partial charge in [-0.05, 0) is 146 Å². The summed E-state index contributed by atoms with van der Waals surface area (Å²) in [6.45, 7) is 10.3. The maximum absolute atomic E-state index is 14.2. The zero-order valence-electron chi connectivity index (χ0n) is 49.5. The van der Waals surface area contributed by atoms with Crippen LogP contribution in [0.2, 0.25) is 5.02 Å². The van der Waals surface area contributed by atoms with Crippen molar-refractivity contribution in [3.63, 3.8) is 0 Å². The van der Waals surface area contributed by atoms with Crippen LogP contribution in [-0.4, -0.2) is 132 Å². The van der Waals surface area contributed by atoms with E-state index in [1.54, 1.807) is 47.1 Å². The Labute approximate surface area is 521 Å². The number of piperidine rings is 2. The van der Waals surface area contributed by atoms with Gasteiger partial charge in [-0.15, -0.1) is 11.8 Å². The van der Waals surface area contributed by atoms with E-state index in [-0.39, 0.29) is 52.5 Å². The summed E-state index contributed by atoms with van der Waals surface area (Å²) in [5.74, 6) is -0.443. The highest BCUT2D eigenvalue weighted by Gasteiger charge is 2.40. The molecule has 20 nitrogen and oxygen atoms in total. The molecule has 88 heavy (non-hydrogen) atoms. The number of nitro benzene ring substituents is 1. The minimum Gasteiger partial charge on any atom is -0.455 e. The Bertz CT molecular complexity index is 3800. The average Bonchev–Trinajstić information content (AvgIpc) is 2.27. The van der Waals surface area contributed by atoms with Crippen molar-refractivity contribution in [2.24, 2.45) is 11.3 Å². The van der Waals surface area contributed by atoms with E-state index < -0.39 is 43.4 Å². The van der Waals surface area contributed by atoms with Crippen LogP contribution in [-0.2, 0) is 31.0 Å². The molecule has 0 saturated carbocycles. The fraction of sp³-hybridized carbons (Fsp3) is 0.415. The third kappa shape index (κ3) is 14.5. The summed E-state index contributed by atoms with van der Waals surface area (Å²) in [4.78, 5) is 92.8. The van der Waals surface area contributed by atoms with Gasteiger partial charge in [-0.1, -0.05) is 62.1 Å². The van der Waals surface area contributed by atoms with Crippen LogP contribution in [0.4, 0.5) is 17.1 Å². The number of piperazine rings is 1. The molecule has 1 unspecified atom stereocenters. The van der Waals surface area contributed by atoms with Crippen LogP contribution in [0.3, 0.4) is 0 Å². The van der Waals surface area contributed by atoms with Crippen molar-refractivity contribution < 1.29 is 42.1 Å². The van der Waals surface area contributed by atoms with Gasteiger partial charge in [0.1, 0.15) is 28.9 Å². The first-order chi connectivity index (χ1) is 42.3. The van der Waals surface area contributed by atoms with E-state index in [1.165, 1.54) is 41.1 Å². The van der Waals surface area contributed by atoms with Gasteiger partial charge in [-0.2, -0.15) is 0 Å². The molecule has 2 aromatic heterocycles. The number of H-pyrrole nitrogens is 1. The summed E-state index contributed by atoms with van der Waals surface area (Å²) in [5, 5.41) is 19.5. The van der Waals surface area contributed by atoms with Crippen LogP contribution in [0, 0.1) is 21.4 Å². The molecule has 5 amide bonds. The molecular formula is C65H73ClN10O10S2. The smallest absolute Gasteiger partial charge is 0.293 e. The lowest BCUT2D eigenvalue weighted by Crippen LogP contribution is -2.52. The number of unbranched alkanes of at least 4 members (excludes halogenated alkanes) is 3. The van der Waals surface area contributed by atoms with Gasteiger partial charge >= 0.3 is 0 Å². The number of amides is 5. The van der Waals surface area contributed by atoms with Gasteiger partial charge in [0.15, 0.2) is 0 Å². The van der Waals surface area contributed by atoms with Crippen molar-refractivity contribution in [3.05, 3.63) is 146 Å². The van der Waals surface area contributed by atoms with E-state index in [0.717, 1.165) is 97.9 Å². The minimum absolute atomic E-state index is 0.0676. The lowest BCUT2D eigenvalue weighted by atomic mass is 9.72. The Hall–Kier alpha value is -7.79. The SMILES string of the molecule is CC1(C)CCC(CN2CCN(c3ccc(C(=O)NS(=O)(=O)c4ccc(NCC5CCN(C(=O)CCCCCCSc6cccc7c6CN(C6CCC(=O)NC6=O)C7=O)CC5)c([N+](=O)[O-])c4)c(Oc4cnc5[nH]ccc5c4)c3)CC2)=C(c2ccc(Cl)cc2)C1. The molecule has 1 aliphatic carbocycles. The number of hydrogen-bond donors (Lipinski definition) is 4. The molecule has 0 spiro atoms. The van der Waals surface area contributed by atoms with E-state index in [4.69, 9.17) is 16.3 Å². The number of allylic oxidation sites excluding steroid dienone is 1. The van der Waals surface area contributed by atoms with Crippen LogP contribution in [0.5, 0.6) is 11.5 Å². The van der Waals surface area contributed by atoms with Gasteiger partial charge in [0.2, 0.25) is 17.7 Å². The molecule has 3 fully saturated rings. The summed E-state index contributed by atoms with van der Waals surface area (Å²) in [6.07, 6.45) is 12.3. The first-order valence-corrected chi connectivity index (χ1v) is 33.2. The number of nitrogens with zero attached hydrogens (tertiary/aromatic N) is 6. The molecule has 4 aliphatic heterocycles. The summed E-state index contributed by atoms with van der Waals surface area (Å²) in [7, 11) is -4.65. The number of likely N-dealkylation sites (tertiary alicyclic amines) is 1. The first kappa shape index (κ1) is 61.8. The summed E-state index contributed by atoms with van der Waals surface area (Å²) < 4.78 is 36.5. The van der Waals surface area contributed by atoms with Crippen LogP contribution >= 0.6 is 23.4 Å². The summed E-state index contributed by atoms with van der Waals surface area (Å²) in [5.41, 5.74) is 6.80. The molecular weight excluding hydrogens is 1180 g/mol. The molecule has 23 heteroatoms. The number of rotatable bonds is 22. The lowest BCUT2D eigenvalue weighted by Gasteiger charge is -2.39. The first-order valence-electron chi connectivity index (χ1n) is 30.3. The monoisotopic (exact) mass is 1250 g/mol. The number of nitro groups is 1. The zero-order chi connectivity index (χ0) is 61.7. The molecule has 3 saturated heterocycles. The highest BCUT2D eigenvalue weighted by atomic mass is 35.5. The third-order valence-corrected chi connectivity index (χ3v) is 20.4. The van der Waals surface area contributed by atoms with Crippen LogP contribution < -0.4 is 25.0 Å². The minimum atomic E-state index is -4.65. The maximum atomic E-state index is 14.2. The second-order valence-electron chi connectivity index (χ2n) is 24.3. The number of aromatic nitrogens is 2. The zero-order valence-corrected chi connectivity index (χ0v) is 51.9. The number of halogens is 1. The number of ether oxygens (including phenoxy) is 1. The topological polar surface area (TPSA) is 250 Å². The number of anilines is 2. The fourth-order valence-corrected chi connectivity index (χ4v) is 14.8. The number of pyridine rings is 1. The van der Waals surface area contributed by atoms with E-state index in [2.05, 4.69) is 61.1 Å². The predicted octanol–water partition coefficient (Wildman–Crippen LogP) is 11.0. The molecule has 0 bridgehead atoms. The highest BCUT2D eigenvalue weighted by molar-refractivity contribution is 7.99. The van der Waals surface area contributed by atoms with E-state index in [1.807, 2.05) is 35.2 Å². The molecule has 4 aromatic carbocycles. The molecule has 6 heterocycles. The Morgan fingerprint density at radius 2 is 1.68 bits per heavy atom. The van der Waals surface area contributed by atoms with Gasteiger partial charge in [0, 0.05) is 117 Å². The Morgan fingerprint density at radius 3 is 2.45 bits per heavy atom. The molecule has 462 valence electrons. The van der Waals surface area contributed by atoms with Gasteiger partial charge in [0.25, 0.3) is 27.5 Å². The number of aromatic amines is 1. The van der Waals surface area contributed by atoms with Crippen LogP contribution in [0.15, 0.2) is 119 Å². The Morgan fingerprint density at radius 1 is 0.898 bits per heavy atom. The average molecular weight is 1250 g/mol. The second kappa shape index (κ2) is 26.9. The number of nitrogens with one attached hydrogen (secondary N) is 4. The number of hydrogen-bond acceptors (Lipinski definition) is 15. The van der Waals surface area contributed by atoms with E-state index in [0.29, 0.717) is 86.9 Å². The number of carbonyl (C=O) groups excluding carboxylic acids is 5. The largest absolute Gasteiger partial charge is 0.455 e. The molecule has 4 N–H and O–H groups in total. The maximum Gasteiger partial charge on any atom is 0.293 e. The number of benzene rings is 4. The van der Waals surface area contributed by atoms with Crippen molar-refractivity contribution in [2.45, 2.75) is 113 Å². The van der Waals surface area contributed by atoms with Crippen LogP contribution in [0.25, 0.3) is 16.6 Å². The van der Waals surface area contributed by atoms with Gasteiger partial charge in [-0.25, -0.2) is 18.1 Å². The quantitative estimate of drug-likeness (QED) is 0.0162. The normalized spacial score (nSPS) is 18.4. The van der Waals surface area contributed by atoms with Crippen molar-refractivity contribution in [1.29, 1.82) is 0 Å². The predicted molar refractivity (Wildman–Crippen MR) is 339 cm³/mol. The number of carbonyl (C=O) groups is 5. The molecule has 11 rings (SSSR count). The second-order valence-corrected chi connectivity index (χ2v) is 27.6. The van der Waals surface area contributed by atoms with Crippen molar-refractivity contribution >= 4 is 96.6 Å². The molecule has 6 aromatic rings. The number of imide groups is 1. The summed E-state index contributed by atoms with van der Waals surface area (Å²) >= 11 is 7.96.